The van der Waals surface area contributed by atoms with Crippen LogP contribution < -0.4 is 0 Å². The van der Waals surface area contributed by atoms with Crippen molar-refractivity contribution >= 4 is 21.4 Å². The van der Waals surface area contributed by atoms with Gasteiger partial charge in [-0.3, -0.25) is 0 Å². The van der Waals surface area contributed by atoms with E-state index in [0.717, 1.165) is 12.2 Å². The molecular weight excluding hydrogens is 270 g/mol. The van der Waals surface area contributed by atoms with Crippen molar-refractivity contribution in [3.05, 3.63) is 41.7 Å². The van der Waals surface area contributed by atoms with Gasteiger partial charge >= 0.3 is 0 Å². The second-order valence-corrected chi connectivity index (χ2v) is 7.41. The normalized spacial score (nSPS) is 21.4. The second kappa shape index (κ2) is 4.53. The van der Waals surface area contributed by atoms with Crippen LogP contribution in [0, 0.1) is 0 Å². The average Bonchev–Trinajstić information content (AvgIpc) is 3.12. The Morgan fingerprint density at radius 3 is 2.89 bits per heavy atom. The van der Waals surface area contributed by atoms with E-state index < -0.39 is 10.0 Å². The van der Waals surface area contributed by atoms with Gasteiger partial charge in [0.1, 0.15) is 9.97 Å². The zero-order chi connectivity index (χ0) is 12.6. The van der Waals surface area contributed by atoms with Crippen molar-refractivity contribution in [2.75, 3.05) is 13.1 Å². The van der Waals surface area contributed by atoms with Crippen LogP contribution in [0.15, 0.2) is 44.5 Å². The quantitative estimate of drug-likeness (QED) is 0.869. The number of hydrogen-bond acceptors (Lipinski definition) is 4. The maximum atomic E-state index is 12.3. The summed E-state index contributed by atoms with van der Waals surface area (Å²) in [5.74, 6) is 1.05. The lowest BCUT2D eigenvalue weighted by atomic mass is 10.1. The van der Waals surface area contributed by atoms with E-state index in [2.05, 4.69) is 0 Å². The Morgan fingerprint density at radius 1 is 1.33 bits per heavy atom. The van der Waals surface area contributed by atoms with Crippen molar-refractivity contribution in [2.24, 2.45) is 0 Å². The molecule has 18 heavy (non-hydrogen) atoms. The Bertz CT molecular complexity index is 602. The van der Waals surface area contributed by atoms with Gasteiger partial charge in [-0.05, 0) is 30.0 Å². The van der Waals surface area contributed by atoms with E-state index in [4.69, 9.17) is 4.42 Å². The summed E-state index contributed by atoms with van der Waals surface area (Å²) < 4.78 is 31.9. The highest BCUT2D eigenvalue weighted by Gasteiger charge is 2.34. The molecule has 0 N–H and O–H groups in total. The molecule has 4 nitrogen and oxygen atoms in total. The minimum Gasteiger partial charge on any atom is -0.469 e. The minimum absolute atomic E-state index is 0.176. The molecule has 2 aromatic rings. The number of thiophene rings is 1. The molecule has 2 aromatic heterocycles. The first kappa shape index (κ1) is 12.0. The van der Waals surface area contributed by atoms with Crippen LogP contribution in [0.1, 0.15) is 18.1 Å². The Hall–Kier alpha value is -1.11. The van der Waals surface area contributed by atoms with Crippen LogP contribution in [0.5, 0.6) is 0 Å². The first-order valence-electron chi connectivity index (χ1n) is 5.75. The number of nitrogens with zero attached hydrogens (tertiary/aromatic N) is 1. The lowest BCUT2D eigenvalue weighted by molar-refractivity contribution is 0.446. The van der Waals surface area contributed by atoms with Crippen LogP contribution >= 0.6 is 11.3 Å². The molecule has 1 aliphatic rings. The molecule has 3 heterocycles. The highest BCUT2D eigenvalue weighted by molar-refractivity contribution is 7.91. The van der Waals surface area contributed by atoms with Crippen LogP contribution in [0.25, 0.3) is 0 Å². The largest absolute Gasteiger partial charge is 0.469 e. The molecule has 0 aromatic carbocycles. The molecule has 1 fully saturated rings. The number of furan rings is 1. The molecular formula is C12H13NO3S2. The predicted octanol–water partition coefficient (Wildman–Crippen LogP) is 2.52. The summed E-state index contributed by atoms with van der Waals surface area (Å²) in [5.41, 5.74) is 0. The summed E-state index contributed by atoms with van der Waals surface area (Å²) in [4.78, 5) is 0. The molecule has 1 unspecified atom stereocenters. The molecule has 0 radical (unpaired) electrons. The first-order chi connectivity index (χ1) is 8.68. The SMILES string of the molecule is O=S(=O)(c1cccs1)N1CCC(c2ccco2)C1. The van der Waals surface area contributed by atoms with E-state index in [1.807, 2.05) is 12.1 Å². The van der Waals surface area contributed by atoms with Crippen molar-refractivity contribution in [3.63, 3.8) is 0 Å². The van der Waals surface area contributed by atoms with E-state index >= 15 is 0 Å². The maximum absolute atomic E-state index is 12.3. The van der Waals surface area contributed by atoms with Crippen molar-refractivity contribution in [2.45, 2.75) is 16.5 Å². The van der Waals surface area contributed by atoms with Gasteiger partial charge in [-0.1, -0.05) is 6.07 Å². The fourth-order valence-electron chi connectivity index (χ4n) is 2.24. The summed E-state index contributed by atoms with van der Waals surface area (Å²) >= 11 is 1.26. The van der Waals surface area contributed by atoms with Gasteiger partial charge in [-0.25, -0.2) is 8.42 Å². The lowest BCUT2D eigenvalue weighted by Gasteiger charge is -2.14. The standard InChI is InChI=1S/C12H13NO3S2/c14-18(15,12-4-2-8-17-12)13-6-5-10(9-13)11-3-1-7-16-11/h1-4,7-8,10H,5-6,9H2. The molecule has 0 bridgehead atoms. The third-order valence-electron chi connectivity index (χ3n) is 3.19. The van der Waals surface area contributed by atoms with Gasteiger partial charge in [0, 0.05) is 19.0 Å². The van der Waals surface area contributed by atoms with Crippen molar-refractivity contribution in [3.8, 4) is 0 Å². The second-order valence-electron chi connectivity index (χ2n) is 4.30. The molecule has 1 saturated heterocycles. The first-order valence-corrected chi connectivity index (χ1v) is 8.07. The van der Waals surface area contributed by atoms with Gasteiger partial charge in [0.25, 0.3) is 10.0 Å². The van der Waals surface area contributed by atoms with Crippen molar-refractivity contribution in [1.82, 2.24) is 4.31 Å². The molecule has 3 rings (SSSR count). The summed E-state index contributed by atoms with van der Waals surface area (Å²) in [6.07, 6.45) is 2.45. The van der Waals surface area contributed by atoms with E-state index in [0.29, 0.717) is 17.3 Å². The molecule has 0 saturated carbocycles. The highest BCUT2D eigenvalue weighted by Crippen LogP contribution is 2.32. The van der Waals surface area contributed by atoms with E-state index in [-0.39, 0.29) is 5.92 Å². The molecule has 0 aliphatic carbocycles. The smallest absolute Gasteiger partial charge is 0.252 e. The monoisotopic (exact) mass is 283 g/mol. The molecule has 0 spiro atoms. The van der Waals surface area contributed by atoms with Crippen LogP contribution in [0.4, 0.5) is 0 Å². The Labute approximate surface area is 110 Å². The van der Waals surface area contributed by atoms with E-state index in [1.165, 1.54) is 11.3 Å². The third-order valence-corrected chi connectivity index (χ3v) is 6.42. The Balaban J connectivity index is 1.80. The summed E-state index contributed by atoms with van der Waals surface area (Å²) in [7, 11) is -3.31. The fraction of sp³-hybridized carbons (Fsp3) is 0.333. The molecule has 96 valence electrons. The lowest BCUT2D eigenvalue weighted by Crippen LogP contribution is -2.27. The molecule has 6 heteroatoms. The zero-order valence-electron chi connectivity index (χ0n) is 9.65. The zero-order valence-corrected chi connectivity index (χ0v) is 11.3. The summed E-state index contributed by atoms with van der Waals surface area (Å²) in [6.45, 7) is 1.07. The number of rotatable bonds is 3. The van der Waals surface area contributed by atoms with Gasteiger partial charge < -0.3 is 4.42 Å². The Morgan fingerprint density at radius 2 is 2.22 bits per heavy atom. The third kappa shape index (κ3) is 2.00. The van der Waals surface area contributed by atoms with Crippen LogP contribution in [-0.2, 0) is 10.0 Å². The molecule has 1 atom stereocenters. The maximum Gasteiger partial charge on any atom is 0.252 e. The van der Waals surface area contributed by atoms with Crippen molar-refractivity contribution < 1.29 is 12.8 Å². The molecule has 1 aliphatic heterocycles. The predicted molar refractivity (Wildman–Crippen MR) is 69.1 cm³/mol. The fourth-order valence-corrected chi connectivity index (χ4v) is 4.88. The average molecular weight is 283 g/mol. The molecule has 0 amide bonds. The van der Waals surface area contributed by atoms with Gasteiger partial charge in [0.2, 0.25) is 0 Å². The van der Waals surface area contributed by atoms with Gasteiger partial charge in [0.15, 0.2) is 0 Å². The summed E-state index contributed by atoms with van der Waals surface area (Å²) in [5, 5.41) is 1.78. The Kier molecular flexibility index (Phi) is 3.01. The van der Waals surface area contributed by atoms with E-state index in [1.54, 1.807) is 28.1 Å². The highest BCUT2D eigenvalue weighted by atomic mass is 32.2. The minimum atomic E-state index is -3.31. The number of hydrogen-bond donors (Lipinski definition) is 0. The van der Waals surface area contributed by atoms with Crippen LogP contribution in [0.2, 0.25) is 0 Å². The van der Waals surface area contributed by atoms with Gasteiger partial charge in [-0.15, -0.1) is 11.3 Å². The van der Waals surface area contributed by atoms with Gasteiger partial charge in [-0.2, -0.15) is 4.31 Å². The van der Waals surface area contributed by atoms with Crippen molar-refractivity contribution in [1.29, 1.82) is 0 Å². The van der Waals surface area contributed by atoms with Gasteiger partial charge in [0.05, 0.1) is 6.26 Å². The summed E-state index contributed by atoms with van der Waals surface area (Å²) in [6, 6.07) is 7.16. The number of sulfonamides is 1. The van der Waals surface area contributed by atoms with Crippen LogP contribution in [-0.4, -0.2) is 25.8 Å². The van der Waals surface area contributed by atoms with E-state index in [9.17, 15) is 8.42 Å². The topological polar surface area (TPSA) is 50.5 Å². The van der Waals surface area contributed by atoms with Crippen LogP contribution in [0.3, 0.4) is 0 Å².